The topological polar surface area (TPSA) is 21.4 Å². The molecule has 0 aliphatic carbocycles. The zero-order valence-corrected chi connectivity index (χ0v) is 19.2. The maximum Gasteiger partial charge on any atom is 0.216 e. The van der Waals surface area contributed by atoms with Gasteiger partial charge >= 0.3 is 0 Å². The molecule has 3 aromatic carbocycles. The standard InChI is InChI=1S/C30H27N2O/c1-18(2)23-14-15-27(32(6)20(23)4)28-19(3)12-13-24-26-17-22(31-5)16-25(29(26)33-30(24)28)21-10-8-7-9-11-21/h7-18H,1-4,6H3/q+1/i1D3,18D. The van der Waals surface area contributed by atoms with E-state index in [-0.39, 0.29) is 0 Å². The number of fused-ring (bicyclic) bond motifs is 3. The van der Waals surface area contributed by atoms with Crippen LogP contribution in [0.5, 0.6) is 0 Å². The summed E-state index contributed by atoms with van der Waals surface area (Å²) in [6.45, 7) is 10.5. The number of hydrogen-bond acceptors (Lipinski definition) is 1. The molecule has 5 rings (SSSR count). The third kappa shape index (κ3) is 3.31. The van der Waals surface area contributed by atoms with Crippen LogP contribution in [-0.4, -0.2) is 0 Å². The average molecular weight is 436 g/mol. The van der Waals surface area contributed by atoms with Crippen molar-refractivity contribution < 1.29 is 14.5 Å². The zero-order valence-electron chi connectivity index (χ0n) is 23.2. The molecule has 2 heterocycles. The third-order valence-corrected chi connectivity index (χ3v) is 6.47. The first-order valence-corrected chi connectivity index (χ1v) is 10.9. The van der Waals surface area contributed by atoms with Crippen LogP contribution in [0.4, 0.5) is 5.69 Å². The van der Waals surface area contributed by atoms with E-state index >= 15 is 0 Å². The molecule has 0 aliphatic rings. The van der Waals surface area contributed by atoms with Gasteiger partial charge < -0.3 is 4.42 Å². The maximum atomic E-state index is 8.60. The van der Waals surface area contributed by atoms with Gasteiger partial charge in [-0.1, -0.05) is 56.2 Å². The quantitative estimate of drug-likeness (QED) is 0.208. The van der Waals surface area contributed by atoms with Crippen molar-refractivity contribution in [2.45, 2.75) is 33.5 Å². The van der Waals surface area contributed by atoms with Crippen LogP contribution in [0.1, 0.15) is 42.0 Å². The van der Waals surface area contributed by atoms with Gasteiger partial charge in [-0.15, -0.1) is 0 Å². The Bertz CT molecular complexity index is 1730. The molecule has 0 saturated heterocycles. The summed E-state index contributed by atoms with van der Waals surface area (Å²) >= 11 is 0. The summed E-state index contributed by atoms with van der Waals surface area (Å²) in [5, 5.41) is 1.79. The molecule has 0 fully saturated rings. The Morgan fingerprint density at radius 1 is 1.00 bits per heavy atom. The Morgan fingerprint density at radius 2 is 1.79 bits per heavy atom. The van der Waals surface area contributed by atoms with E-state index in [0.29, 0.717) is 22.5 Å². The lowest BCUT2D eigenvalue weighted by molar-refractivity contribution is -0.667. The molecule has 0 aliphatic heterocycles. The summed E-state index contributed by atoms with van der Waals surface area (Å²) in [6.07, 6.45) is 0. The molecule has 5 aromatic rings. The van der Waals surface area contributed by atoms with E-state index in [9.17, 15) is 0 Å². The van der Waals surface area contributed by atoms with Crippen LogP contribution < -0.4 is 4.57 Å². The van der Waals surface area contributed by atoms with Gasteiger partial charge in [-0.25, -0.2) is 4.85 Å². The van der Waals surface area contributed by atoms with Crippen LogP contribution in [0.2, 0.25) is 0 Å². The average Bonchev–Trinajstić information content (AvgIpc) is 3.23. The molecule has 3 heteroatoms. The summed E-state index contributed by atoms with van der Waals surface area (Å²) in [4.78, 5) is 3.71. The molecule has 1 unspecified atom stereocenters. The second-order valence-electron chi connectivity index (χ2n) is 8.49. The molecule has 0 bridgehead atoms. The minimum Gasteiger partial charge on any atom is -0.455 e. The predicted octanol–water partition coefficient (Wildman–Crippen LogP) is 8.04. The fraction of sp³-hybridized carbons (Fsp3) is 0.200. The lowest BCUT2D eigenvalue weighted by atomic mass is 9.96. The summed E-state index contributed by atoms with van der Waals surface area (Å²) in [6, 6.07) is 21.3. The summed E-state index contributed by atoms with van der Waals surface area (Å²) in [5.41, 5.74) is 7.74. The summed E-state index contributed by atoms with van der Waals surface area (Å²) < 4.78 is 40.8. The van der Waals surface area contributed by atoms with Crippen molar-refractivity contribution in [2.75, 3.05) is 0 Å². The van der Waals surface area contributed by atoms with Crippen LogP contribution >= 0.6 is 0 Å². The van der Waals surface area contributed by atoms with Gasteiger partial charge in [0.25, 0.3) is 0 Å². The molecule has 3 nitrogen and oxygen atoms in total. The highest BCUT2D eigenvalue weighted by molar-refractivity contribution is 6.14. The van der Waals surface area contributed by atoms with Crippen molar-refractivity contribution in [1.29, 1.82) is 0 Å². The predicted molar refractivity (Wildman–Crippen MR) is 136 cm³/mol. The molecular weight excluding hydrogens is 404 g/mol. The first-order valence-electron chi connectivity index (χ1n) is 12.9. The second kappa shape index (κ2) is 7.90. The zero-order chi connectivity index (χ0) is 26.7. The van der Waals surface area contributed by atoms with E-state index in [1.807, 2.05) is 86.1 Å². The van der Waals surface area contributed by atoms with Gasteiger partial charge in [0.15, 0.2) is 11.4 Å². The number of furan rings is 1. The van der Waals surface area contributed by atoms with Crippen LogP contribution in [0, 0.1) is 20.4 Å². The van der Waals surface area contributed by atoms with Crippen LogP contribution in [0.15, 0.2) is 71.1 Å². The van der Waals surface area contributed by atoms with Gasteiger partial charge in [-0.2, -0.15) is 4.57 Å². The van der Waals surface area contributed by atoms with Gasteiger partial charge in [0.2, 0.25) is 5.69 Å². The highest BCUT2D eigenvalue weighted by Crippen LogP contribution is 2.42. The van der Waals surface area contributed by atoms with E-state index in [0.717, 1.165) is 44.3 Å². The molecule has 0 N–H and O–H groups in total. The number of hydrogen-bond donors (Lipinski definition) is 0. The molecule has 1 atom stereocenters. The molecular formula is C30H27N2O+. The van der Waals surface area contributed by atoms with Crippen molar-refractivity contribution in [2.24, 2.45) is 7.05 Å². The van der Waals surface area contributed by atoms with E-state index in [4.69, 9.17) is 16.5 Å². The van der Waals surface area contributed by atoms with E-state index in [1.165, 1.54) is 6.92 Å². The van der Waals surface area contributed by atoms with Crippen LogP contribution in [-0.2, 0) is 7.05 Å². The minimum atomic E-state index is -2.46. The Balaban J connectivity index is 1.82. The number of benzene rings is 3. The van der Waals surface area contributed by atoms with Crippen molar-refractivity contribution in [3.8, 4) is 22.4 Å². The number of nitrogens with zero attached hydrogens (tertiary/aromatic N) is 2. The van der Waals surface area contributed by atoms with Crippen molar-refractivity contribution in [1.82, 2.24) is 0 Å². The maximum absolute atomic E-state index is 8.60. The van der Waals surface area contributed by atoms with Gasteiger partial charge in [-0.3, -0.25) is 0 Å². The second-order valence-corrected chi connectivity index (χ2v) is 8.49. The monoisotopic (exact) mass is 435 g/mol. The van der Waals surface area contributed by atoms with Crippen molar-refractivity contribution in [3.05, 3.63) is 95.0 Å². The molecule has 0 saturated carbocycles. The Kier molecular flexibility index (Phi) is 4.00. The molecule has 162 valence electrons. The molecule has 33 heavy (non-hydrogen) atoms. The van der Waals surface area contributed by atoms with Crippen molar-refractivity contribution >= 4 is 27.6 Å². The van der Waals surface area contributed by atoms with Crippen molar-refractivity contribution in [3.63, 3.8) is 0 Å². The van der Waals surface area contributed by atoms with Crippen LogP contribution in [0.3, 0.4) is 0 Å². The fourth-order valence-electron chi connectivity index (χ4n) is 4.64. The molecule has 2 aromatic heterocycles. The van der Waals surface area contributed by atoms with Gasteiger partial charge in [0.05, 0.1) is 12.1 Å². The highest BCUT2D eigenvalue weighted by Gasteiger charge is 2.24. The number of aromatic nitrogens is 1. The van der Waals surface area contributed by atoms with Gasteiger partial charge in [0, 0.05) is 40.4 Å². The molecule has 0 amide bonds. The third-order valence-electron chi connectivity index (χ3n) is 6.47. The summed E-state index contributed by atoms with van der Waals surface area (Å²) in [5.74, 6) is -1.74. The number of aryl methyl sites for hydroxylation is 1. The van der Waals surface area contributed by atoms with Crippen LogP contribution in [0.25, 0.3) is 49.2 Å². The Labute approximate surface area is 200 Å². The SMILES string of the molecule is [2H]C([2H])([2H])C([2H])(C)c1ccc(-c2c(C)ccc3c2oc2c(-c4ccccc4)cc([N+]#[C-])cc23)[n+](C)c1C. The fourth-order valence-corrected chi connectivity index (χ4v) is 4.64. The van der Waals surface area contributed by atoms with Gasteiger partial charge in [-0.05, 0) is 42.1 Å². The highest BCUT2D eigenvalue weighted by atomic mass is 16.3. The largest absolute Gasteiger partial charge is 0.455 e. The number of pyridine rings is 1. The first-order chi connectivity index (χ1) is 17.5. The smallest absolute Gasteiger partial charge is 0.216 e. The molecule has 0 radical (unpaired) electrons. The van der Waals surface area contributed by atoms with E-state index in [1.54, 1.807) is 6.07 Å². The Hall–Kier alpha value is -3.90. The van der Waals surface area contributed by atoms with E-state index < -0.39 is 12.7 Å². The normalized spacial score (nSPS) is 15.4. The minimum absolute atomic E-state index is 0.459. The lowest BCUT2D eigenvalue weighted by Gasteiger charge is -2.11. The Morgan fingerprint density at radius 3 is 2.52 bits per heavy atom. The lowest BCUT2D eigenvalue weighted by Crippen LogP contribution is -2.36. The summed E-state index contributed by atoms with van der Waals surface area (Å²) in [7, 11) is 1.89. The molecule has 0 spiro atoms. The van der Waals surface area contributed by atoms with E-state index in [2.05, 4.69) is 4.85 Å². The first kappa shape index (κ1) is 16.7. The number of rotatable bonds is 3. The van der Waals surface area contributed by atoms with Gasteiger partial charge in [0.1, 0.15) is 18.2 Å².